The van der Waals surface area contributed by atoms with Crippen LogP contribution in [0.15, 0.2) is 30.3 Å². The Morgan fingerprint density at radius 3 is 2.25 bits per heavy atom. The van der Waals surface area contributed by atoms with E-state index >= 15 is 0 Å². The summed E-state index contributed by atoms with van der Waals surface area (Å²) >= 11 is 0. The Labute approximate surface area is 141 Å². The summed E-state index contributed by atoms with van der Waals surface area (Å²) in [5, 5.41) is 9.19. The molecule has 0 aliphatic heterocycles. The molecule has 1 rings (SSSR count). The second kappa shape index (κ2) is 9.05. The van der Waals surface area contributed by atoms with Crippen LogP contribution in [0.25, 0.3) is 0 Å². The highest BCUT2D eigenvalue weighted by molar-refractivity contribution is 5.79. The van der Waals surface area contributed by atoms with E-state index in [4.69, 9.17) is 9.47 Å². The number of esters is 2. The topological polar surface area (TPSA) is 89.9 Å². The first-order valence-electron chi connectivity index (χ1n) is 7.81. The van der Waals surface area contributed by atoms with E-state index in [-0.39, 0.29) is 25.9 Å². The zero-order valence-corrected chi connectivity index (χ0v) is 14.3. The van der Waals surface area contributed by atoms with Crippen molar-refractivity contribution in [2.24, 2.45) is 5.92 Å². The highest BCUT2D eigenvalue weighted by Crippen LogP contribution is 2.16. The maximum absolute atomic E-state index is 11.8. The number of carbonyl (C=O) groups excluding carboxylic acids is 2. The van der Waals surface area contributed by atoms with Crippen LogP contribution in [-0.4, -0.2) is 28.6 Å². The standard InChI is InChI=1S/C18H24O6/c1-18(2,3)24-15(19)10-9-14(17(21)22)11-16(20)23-12-13-7-5-4-6-8-13/h4-8,14H,9-12H2,1-3H3,(H,21,22)/t14-/m1/s1. The SMILES string of the molecule is CC(C)(C)OC(=O)CC[C@H](CC(=O)OCc1ccccc1)C(=O)O. The Kier molecular flexibility index (Phi) is 7.42. The van der Waals surface area contributed by atoms with Crippen molar-refractivity contribution < 1.29 is 29.0 Å². The molecule has 0 amide bonds. The van der Waals surface area contributed by atoms with Crippen LogP contribution < -0.4 is 0 Å². The van der Waals surface area contributed by atoms with Crippen molar-refractivity contribution in [1.29, 1.82) is 0 Å². The molecule has 132 valence electrons. The van der Waals surface area contributed by atoms with Crippen LogP contribution >= 0.6 is 0 Å². The third kappa shape index (κ3) is 8.31. The van der Waals surface area contributed by atoms with Crippen LogP contribution in [0.2, 0.25) is 0 Å². The summed E-state index contributed by atoms with van der Waals surface area (Å²) in [7, 11) is 0. The summed E-state index contributed by atoms with van der Waals surface area (Å²) in [6.45, 7) is 5.31. The molecular formula is C18H24O6. The van der Waals surface area contributed by atoms with Crippen LogP contribution in [0.1, 0.15) is 45.6 Å². The molecule has 0 heterocycles. The van der Waals surface area contributed by atoms with Crippen LogP contribution in [0.3, 0.4) is 0 Å². The fourth-order valence-corrected chi connectivity index (χ4v) is 2.00. The Morgan fingerprint density at radius 1 is 1.08 bits per heavy atom. The Bertz CT molecular complexity index is 559. The van der Waals surface area contributed by atoms with E-state index in [2.05, 4.69) is 0 Å². The third-order valence-electron chi connectivity index (χ3n) is 3.12. The first-order chi connectivity index (χ1) is 11.2. The Hall–Kier alpha value is -2.37. The monoisotopic (exact) mass is 336 g/mol. The summed E-state index contributed by atoms with van der Waals surface area (Å²) in [5.74, 6) is -3.18. The van der Waals surface area contributed by atoms with Crippen LogP contribution in [0.5, 0.6) is 0 Å². The number of benzene rings is 1. The predicted octanol–water partition coefficient (Wildman–Crippen LogP) is 2.94. The molecule has 6 heteroatoms. The number of carboxylic acids is 1. The fourth-order valence-electron chi connectivity index (χ4n) is 2.00. The lowest BCUT2D eigenvalue weighted by Crippen LogP contribution is -2.25. The third-order valence-corrected chi connectivity index (χ3v) is 3.12. The summed E-state index contributed by atoms with van der Waals surface area (Å²) in [4.78, 5) is 34.7. The van der Waals surface area contributed by atoms with Gasteiger partial charge in [0.15, 0.2) is 0 Å². The average molecular weight is 336 g/mol. The van der Waals surface area contributed by atoms with E-state index in [1.165, 1.54) is 0 Å². The zero-order valence-electron chi connectivity index (χ0n) is 14.3. The molecule has 0 saturated heterocycles. The molecule has 0 aliphatic rings. The molecule has 0 fully saturated rings. The van der Waals surface area contributed by atoms with E-state index in [9.17, 15) is 19.5 Å². The normalized spacial score (nSPS) is 12.3. The van der Waals surface area contributed by atoms with Gasteiger partial charge in [0.05, 0.1) is 12.3 Å². The minimum Gasteiger partial charge on any atom is -0.481 e. The van der Waals surface area contributed by atoms with Gasteiger partial charge in [-0.15, -0.1) is 0 Å². The highest BCUT2D eigenvalue weighted by Gasteiger charge is 2.24. The van der Waals surface area contributed by atoms with Crippen LogP contribution in [0, 0.1) is 5.92 Å². The van der Waals surface area contributed by atoms with E-state index in [0.29, 0.717) is 0 Å². The minimum atomic E-state index is -1.13. The molecule has 1 aromatic rings. The first-order valence-corrected chi connectivity index (χ1v) is 7.81. The number of carboxylic acid groups (broad SMARTS) is 1. The molecule has 0 unspecified atom stereocenters. The quantitative estimate of drug-likeness (QED) is 0.734. The van der Waals surface area contributed by atoms with Crippen molar-refractivity contribution in [3.8, 4) is 0 Å². The molecule has 0 radical (unpaired) electrons. The van der Waals surface area contributed by atoms with Crippen molar-refractivity contribution in [2.75, 3.05) is 0 Å². The minimum absolute atomic E-state index is 0.0324. The molecule has 0 bridgehead atoms. The van der Waals surface area contributed by atoms with Crippen molar-refractivity contribution in [3.63, 3.8) is 0 Å². The summed E-state index contributed by atoms with van der Waals surface area (Å²) in [6, 6.07) is 9.12. The smallest absolute Gasteiger partial charge is 0.307 e. The number of carbonyl (C=O) groups is 3. The molecule has 1 aromatic carbocycles. The Morgan fingerprint density at radius 2 is 1.71 bits per heavy atom. The van der Waals surface area contributed by atoms with Gasteiger partial charge in [0.25, 0.3) is 0 Å². The van der Waals surface area contributed by atoms with Crippen LogP contribution in [0.4, 0.5) is 0 Å². The van der Waals surface area contributed by atoms with Gasteiger partial charge < -0.3 is 14.6 Å². The van der Waals surface area contributed by atoms with Gasteiger partial charge in [0, 0.05) is 6.42 Å². The average Bonchev–Trinajstić information content (AvgIpc) is 2.48. The number of aliphatic carboxylic acids is 1. The van der Waals surface area contributed by atoms with Gasteiger partial charge in [-0.2, -0.15) is 0 Å². The number of rotatable bonds is 8. The molecule has 24 heavy (non-hydrogen) atoms. The highest BCUT2D eigenvalue weighted by atomic mass is 16.6. The lowest BCUT2D eigenvalue weighted by molar-refractivity contribution is -0.157. The van der Waals surface area contributed by atoms with Crippen molar-refractivity contribution in [3.05, 3.63) is 35.9 Å². The zero-order chi connectivity index (χ0) is 18.2. The molecule has 0 aromatic heterocycles. The molecule has 0 aliphatic carbocycles. The van der Waals surface area contributed by atoms with Crippen molar-refractivity contribution >= 4 is 17.9 Å². The van der Waals surface area contributed by atoms with Crippen LogP contribution in [-0.2, 0) is 30.5 Å². The second-order valence-electron chi connectivity index (χ2n) is 6.51. The van der Waals surface area contributed by atoms with Gasteiger partial charge in [-0.1, -0.05) is 30.3 Å². The number of hydrogen-bond donors (Lipinski definition) is 1. The summed E-state index contributed by atoms with van der Waals surface area (Å²) in [5.41, 5.74) is 0.205. The Balaban J connectivity index is 2.43. The molecular weight excluding hydrogens is 312 g/mol. The van der Waals surface area contributed by atoms with Crippen molar-refractivity contribution in [2.45, 2.75) is 52.2 Å². The van der Waals surface area contributed by atoms with E-state index in [1.807, 2.05) is 30.3 Å². The van der Waals surface area contributed by atoms with Gasteiger partial charge in [-0.25, -0.2) is 0 Å². The first kappa shape index (κ1) is 19.7. The molecule has 1 atom stereocenters. The van der Waals surface area contributed by atoms with E-state index < -0.39 is 29.4 Å². The van der Waals surface area contributed by atoms with Gasteiger partial charge in [-0.05, 0) is 32.8 Å². The lowest BCUT2D eigenvalue weighted by atomic mass is 9.99. The lowest BCUT2D eigenvalue weighted by Gasteiger charge is -2.20. The molecule has 1 N–H and O–H groups in total. The van der Waals surface area contributed by atoms with Gasteiger partial charge in [0.2, 0.25) is 0 Å². The van der Waals surface area contributed by atoms with Gasteiger partial charge >= 0.3 is 17.9 Å². The van der Waals surface area contributed by atoms with Crippen molar-refractivity contribution in [1.82, 2.24) is 0 Å². The largest absolute Gasteiger partial charge is 0.481 e. The number of hydrogen-bond acceptors (Lipinski definition) is 5. The molecule has 0 spiro atoms. The maximum Gasteiger partial charge on any atom is 0.307 e. The maximum atomic E-state index is 11.8. The van der Waals surface area contributed by atoms with Gasteiger partial charge in [0.1, 0.15) is 12.2 Å². The molecule has 0 saturated carbocycles. The second-order valence-corrected chi connectivity index (χ2v) is 6.51. The molecule has 6 nitrogen and oxygen atoms in total. The van der Waals surface area contributed by atoms with E-state index in [1.54, 1.807) is 20.8 Å². The number of ether oxygens (including phenoxy) is 2. The van der Waals surface area contributed by atoms with Gasteiger partial charge in [-0.3, -0.25) is 14.4 Å². The summed E-state index contributed by atoms with van der Waals surface area (Å²) < 4.78 is 10.2. The summed E-state index contributed by atoms with van der Waals surface area (Å²) in [6.07, 6.45) is -0.296. The predicted molar refractivity (Wildman–Crippen MR) is 87.1 cm³/mol. The fraction of sp³-hybridized carbons (Fsp3) is 0.500. The van der Waals surface area contributed by atoms with E-state index in [0.717, 1.165) is 5.56 Å².